The third kappa shape index (κ3) is 3.28. The van der Waals surface area contributed by atoms with Gasteiger partial charge in [0.05, 0.1) is 12.5 Å². The van der Waals surface area contributed by atoms with E-state index in [0.29, 0.717) is 13.0 Å². The van der Waals surface area contributed by atoms with Gasteiger partial charge in [0.15, 0.2) is 0 Å². The van der Waals surface area contributed by atoms with Gasteiger partial charge in [-0.15, -0.1) is 6.58 Å². The Morgan fingerprint density at radius 1 is 1.80 bits per heavy atom. The van der Waals surface area contributed by atoms with Crippen molar-refractivity contribution in [3.8, 4) is 0 Å². The van der Waals surface area contributed by atoms with Gasteiger partial charge in [0.1, 0.15) is 0 Å². The van der Waals surface area contributed by atoms with Gasteiger partial charge in [-0.05, 0) is 13.3 Å². The van der Waals surface area contributed by atoms with E-state index in [0.717, 1.165) is 0 Å². The van der Waals surface area contributed by atoms with Crippen LogP contribution in [-0.2, 0) is 9.53 Å². The zero-order valence-electron chi connectivity index (χ0n) is 6.59. The number of ether oxygens (including phenoxy) is 1. The van der Waals surface area contributed by atoms with Crippen molar-refractivity contribution in [2.24, 2.45) is 5.92 Å². The van der Waals surface area contributed by atoms with Crippen molar-refractivity contribution in [3.05, 3.63) is 12.7 Å². The minimum absolute atomic E-state index is 0.0440. The van der Waals surface area contributed by atoms with Crippen LogP contribution in [0.2, 0.25) is 0 Å². The highest BCUT2D eigenvalue weighted by molar-refractivity contribution is 5.72. The zero-order valence-corrected chi connectivity index (χ0v) is 6.59. The molecule has 0 saturated heterocycles. The summed E-state index contributed by atoms with van der Waals surface area (Å²) < 4.78 is 4.77. The van der Waals surface area contributed by atoms with Crippen LogP contribution >= 0.6 is 0 Å². The molecule has 1 atom stereocenters. The Bertz CT molecular complexity index is 118. The average molecular weight is 142 g/mol. The molecule has 0 aromatic carbocycles. The highest BCUT2D eigenvalue weighted by Crippen LogP contribution is 2.03. The Morgan fingerprint density at radius 2 is 2.40 bits per heavy atom. The highest BCUT2D eigenvalue weighted by Gasteiger charge is 2.10. The monoisotopic (exact) mass is 142 g/mol. The molecular formula is C8H14O2. The molecule has 0 saturated carbocycles. The van der Waals surface area contributed by atoms with Crippen LogP contribution in [0.3, 0.4) is 0 Å². The number of rotatable bonds is 4. The molecule has 0 unspecified atom stereocenters. The smallest absolute Gasteiger partial charge is 0.308 e. The van der Waals surface area contributed by atoms with Crippen LogP contribution in [0, 0.1) is 5.92 Å². The number of carbonyl (C=O) groups excluding carboxylic acids is 1. The van der Waals surface area contributed by atoms with Gasteiger partial charge in [0.2, 0.25) is 0 Å². The zero-order chi connectivity index (χ0) is 7.98. The van der Waals surface area contributed by atoms with Crippen LogP contribution in [-0.4, -0.2) is 12.6 Å². The lowest BCUT2D eigenvalue weighted by Crippen LogP contribution is -2.13. The molecule has 0 radical (unpaired) electrons. The third-order valence-electron chi connectivity index (χ3n) is 1.21. The molecule has 2 heteroatoms. The molecule has 0 amide bonds. The van der Waals surface area contributed by atoms with E-state index in [9.17, 15) is 4.79 Å². The van der Waals surface area contributed by atoms with Crippen molar-refractivity contribution in [1.29, 1.82) is 0 Å². The topological polar surface area (TPSA) is 26.3 Å². The molecule has 0 bridgehead atoms. The van der Waals surface area contributed by atoms with Gasteiger partial charge < -0.3 is 4.74 Å². The summed E-state index contributed by atoms with van der Waals surface area (Å²) in [6.07, 6.45) is 2.42. The van der Waals surface area contributed by atoms with Gasteiger partial charge in [0, 0.05) is 0 Å². The van der Waals surface area contributed by atoms with Crippen LogP contribution < -0.4 is 0 Å². The second kappa shape index (κ2) is 5.03. The molecule has 10 heavy (non-hydrogen) atoms. The van der Waals surface area contributed by atoms with Crippen LogP contribution in [0.1, 0.15) is 20.3 Å². The standard InChI is InChI=1S/C8H14O2/c1-4-6-7(3)8(9)10-5-2/h4,7H,1,5-6H2,2-3H3/t7-/m1/s1. The van der Waals surface area contributed by atoms with E-state index < -0.39 is 0 Å². The quantitative estimate of drug-likeness (QED) is 0.441. The molecule has 0 aromatic rings. The molecule has 0 heterocycles. The molecule has 2 nitrogen and oxygen atoms in total. The Labute approximate surface area is 61.9 Å². The molecule has 0 spiro atoms. The average Bonchev–Trinajstić information content (AvgIpc) is 1.89. The molecule has 0 fully saturated rings. The lowest BCUT2D eigenvalue weighted by atomic mass is 10.1. The summed E-state index contributed by atoms with van der Waals surface area (Å²) in [6, 6.07) is 0. The summed E-state index contributed by atoms with van der Waals surface area (Å²) in [4.78, 5) is 10.9. The minimum atomic E-state index is -0.137. The third-order valence-corrected chi connectivity index (χ3v) is 1.21. The van der Waals surface area contributed by atoms with Crippen molar-refractivity contribution >= 4 is 5.97 Å². The largest absolute Gasteiger partial charge is 0.466 e. The fraction of sp³-hybridized carbons (Fsp3) is 0.625. The van der Waals surface area contributed by atoms with Crippen LogP contribution in [0.4, 0.5) is 0 Å². The van der Waals surface area contributed by atoms with Gasteiger partial charge in [-0.1, -0.05) is 13.0 Å². The van der Waals surface area contributed by atoms with E-state index in [-0.39, 0.29) is 11.9 Å². The van der Waals surface area contributed by atoms with E-state index in [2.05, 4.69) is 6.58 Å². The first-order valence-corrected chi connectivity index (χ1v) is 3.49. The molecule has 0 aliphatic rings. The first-order valence-electron chi connectivity index (χ1n) is 3.49. The number of esters is 1. The molecule has 0 rings (SSSR count). The molecule has 0 aliphatic heterocycles. The van der Waals surface area contributed by atoms with E-state index >= 15 is 0 Å². The van der Waals surface area contributed by atoms with Gasteiger partial charge in [-0.25, -0.2) is 0 Å². The summed E-state index contributed by atoms with van der Waals surface area (Å²) in [6.45, 7) is 7.63. The van der Waals surface area contributed by atoms with E-state index in [4.69, 9.17) is 4.74 Å². The van der Waals surface area contributed by atoms with Crippen molar-refractivity contribution in [3.63, 3.8) is 0 Å². The SMILES string of the molecule is C=CC[C@@H](C)C(=O)OCC. The molecule has 0 aromatic heterocycles. The van der Waals surface area contributed by atoms with Gasteiger partial charge >= 0.3 is 5.97 Å². The van der Waals surface area contributed by atoms with Crippen LogP contribution in [0.15, 0.2) is 12.7 Å². The molecule has 0 aliphatic carbocycles. The predicted octanol–water partition coefficient (Wildman–Crippen LogP) is 1.76. The van der Waals surface area contributed by atoms with Gasteiger partial charge in [0.25, 0.3) is 0 Å². The van der Waals surface area contributed by atoms with Crippen molar-refractivity contribution < 1.29 is 9.53 Å². The van der Waals surface area contributed by atoms with Crippen molar-refractivity contribution in [1.82, 2.24) is 0 Å². The lowest BCUT2D eigenvalue weighted by molar-refractivity contribution is -0.147. The normalized spacial score (nSPS) is 12.2. The van der Waals surface area contributed by atoms with Gasteiger partial charge in [-0.3, -0.25) is 4.79 Å². The number of carbonyl (C=O) groups is 1. The first kappa shape index (κ1) is 9.21. The number of hydrogen-bond donors (Lipinski definition) is 0. The van der Waals surface area contributed by atoms with E-state index in [1.165, 1.54) is 0 Å². The Balaban J connectivity index is 3.58. The van der Waals surface area contributed by atoms with Crippen molar-refractivity contribution in [2.45, 2.75) is 20.3 Å². The summed E-state index contributed by atoms with van der Waals surface area (Å²) in [5, 5.41) is 0. The summed E-state index contributed by atoms with van der Waals surface area (Å²) in [5.74, 6) is -0.181. The Kier molecular flexibility index (Phi) is 4.63. The molecule has 0 N–H and O–H groups in total. The highest BCUT2D eigenvalue weighted by atomic mass is 16.5. The summed E-state index contributed by atoms with van der Waals surface area (Å²) >= 11 is 0. The Hall–Kier alpha value is -0.790. The number of allylic oxidation sites excluding steroid dienone is 1. The van der Waals surface area contributed by atoms with Gasteiger partial charge in [-0.2, -0.15) is 0 Å². The molecular weight excluding hydrogens is 128 g/mol. The second-order valence-electron chi connectivity index (χ2n) is 2.18. The Morgan fingerprint density at radius 3 is 2.80 bits per heavy atom. The lowest BCUT2D eigenvalue weighted by Gasteiger charge is -2.06. The van der Waals surface area contributed by atoms with Crippen LogP contribution in [0.25, 0.3) is 0 Å². The van der Waals surface area contributed by atoms with E-state index in [1.54, 1.807) is 13.0 Å². The fourth-order valence-electron chi connectivity index (χ4n) is 0.631. The maximum absolute atomic E-state index is 10.9. The second-order valence-corrected chi connectivity index (χ2v) is 2.18. The number of hydrogen-bond acceptors (Lipinski definition) is 2. The summed E-state index contributed by atoms with van der Waals surface area (Å²) in [7, 11) is 0. The van der Waals surface area contributed by atoms with Crippen LogP contribution in [0.5, 0.6) is 0 Å². The minimum Gasteiger partial charge on any atom is -0.466 e. The predicted molar refractivity (Wildman–Crippen MR) is 40.6 cm³/mol. The maximum Gasteiger partial charge on any atom is 0.308 e. The fourth-order valence-corrected chi connectivity index (χ4v) is 0.631. The summed E-state index contributed by atoms with van der Waals surface area (Å²) in [5.41, 5.74) is 0. The molecule has 58 valence electrons. The first-order chi connectivity index (χ1) is 4.72. The van der Waals surface area contributed by atoms with E-state index in [1.807, 2.05) is 6.92 Å². The maximum atomic E-state index is 10.9. The van der Waals surface area contributed by atoms with Crippen molar-refractivity contribution in [2.75, 3.05) is 6.61 Å².